The number of hydrogen-bond donors (Lipinski definition) is 2. The molecule has 0 aliphatic carbocycles. The molecule has 2 N–H and O–H groups in total. The van der Waals surface area contributed by atoms with E-state index in [1.165, 1.54) is 0 Å². The average Bonchev–Trinajstić information content (AvgIpc) is 2.82. The molecule has 0 bridgehead atoms. The van der Waals surface area contributed by atoms with Crippen molar-refractivity contribution in [2.75, 3.05) is 18.6 Å². The lowest BCUT2D eigenvalue weighted by Crippen LogP contribution is -2.55. The van der Waals surface area contributed by atoms with Crippen LogP contribution in [0.25, 0.3) is 0 Å². The summed E-state index contributed by atoms with van der Waals surface area (Å²) in [7, 11) is 0. The van der Waals surface area contributed by atoms with Gasteiger partial charge < -0.3 is 20.3 Å². The maximum Gasteiger partial charge on any atom is 0.408 e. The minimum absolute atomic E-state index is 0.201. The van der Waals surface area contributed by atoms with E-state index >= 15 is 0 Å². The van der Waals surface area contributed by atoms with Gasteiger partial charge in [-0.2, -0.15) is 11.8 Å². The monoisotopic (exact) mass is 549 g/mol. The van der Waals surface area contributed by atoms with E-state index < -0.39 is 23.8 Å². The van der Waals surface area contributed by atoms with E-state index in [0.717, 1.165) is 36.8 Å². The molecule has 1 aromatic rings. The van der Waals surface area contributed by atoms with Crippen molar-refractivity contribution in [3.8, 4) is 0 Å². The van der Waals surface area contributed by atoms with Gasteiger partial charge in [-0.3, -0.25) is 9.59 Å². The first-order valence-electron chi connectivity index (χ1n) is 14.0. The Morgan fingerprint density at radius 1 is 1.03 bits per heavy atom. The number of amides is 3. The highest BCUT2D eigenvalue weighted by molar-refractivity contribution is 7.98. The minimum Gasteiger partial charge on any atom is -0.444 e. The lowest BCUT2D eigenvalue weighted by atomic mass is 9.96. The molecule has 0 aromatic heterocycles. The quantitative estimate of drug-likeness (QED) is 0.252. The van der Waals surface area contributed by atoms with Crippen LogP contribution in [0.2, 0.25) is 0 Å². The summed E-state index contributed by atoms with van der Waals surface area (Å²) < 4.78 is 5.48. The normalized spacial score (nSPS) is 13.9. The van der Waals surface area contributed by atoms with E-state index in [9.17, 15) is 14.4 Å². The molecule has 1 aromatic carbocycles. The third-order valence-electron chi connectivity index (χ3n) is 6.24. The number of ether oxygens (including phenoxy) is 1. The van der Waals surface area contributed by atoms with Crippen LogP contribution in [0.1, 0.15) is 97.7 Å². The van der Waals surface area contributed by atoms with Crippen LogP contribution >= 0.6 is 11.8 Å². The first-order chi connectivity index (χ1) is 17.8. The summed E-state index contributed by atoms with van der Waals surface area (Å²) in [6.07, 6.45) is 5.25. The zero-order valence-electron chi connectivity index (χ0n) is 25.1. The molecule has 216 valence electrons. The molecular formula is C30H51N3O4S. The Balaban J connectivity index is 3.53. The number of carbonyl (C=O) groups excluding carboxylic acids is 3. The van der Waals surface area contributed by atoms with Gasteiger partial charge in [0, 0.05) is 12.6 Å². The second kappa shape index (κ2) is 16.7. The van der Waals surface area contributed by atoms with Crippen LogP contribution in [0.5, 0.6) is 0 Å². The molecule has 0 heterocycles. The number of unbranched alkanes of at least 4 members (excludes halogenated alkanes) is 1. The number of nitrogens with one attached hydrogen (secondary N) is 2. The minimum atomic E-state index is -0.810. The van der Waals surface area contributed by atoms with E-state index in [1.54, 1.807) is 37.4 Å². The molecule has 3 unspecified atom stereocenters. The molecule has 7 nitrogen and oxygen atoms in total. The van der Waals surface area contributed by atoms with Crippen LogP contribution in [0.3, 0.4) is 0 Å². The van der Waals surface area contributed by atoms with Crippen molar-refractivity contribution in [3.63, 3.8) is 0 Å². The second-order valence-electron chi connectivity index (χ2n) is 11.5. The van der Waals surface area contributed by atoms with Gasteiger partial charge in [-0.1, -0.05) is 57.0 Å². The Morgan fingerprint density at radius 3 is 2.18 bits per heavy atom. The Kier molecular flexibility index (Phi) is 14.8. The lowest BCUT2D eigenvalue weighted by molar-refractivity contribution is -0.145. The van der Waals surface area contributed by atoms with E-state index in [0.29, 0.717) is 24.6 Å². The molecule has 1 rings (SSSR count). The van der Waals surface area contributed by atoms with E-state index in [-0.39, 0.29) is 17.9 Å². The maximum atomic E-state index is 14.3. The summed E-state index contributed by atoms with van der Waals surface area (Å²) in [4.78, 5) is 42.5. The van der Waals surface area contributed by atoms with Gasteiger partial charge in [0.2, 0.25) is 11.8 Å². The van der Waals surface area contributed by atoms with Crippen LogP contribution in [0, 0.1) is 12.8 Å². The van der Waals surface area contributed by atoms with Crippen LogP contribution in [0.15, 0.2) is 24.3 Å². The van der Waals surface area contributed by atoms with Gasteiger partial charge in [-0.15, -0.1) is 0 Å². The fourth-order valence-electron chi connectivity index (χ4n) is 4.11. The fourth-order valence-corrected chi connectivity index (χ4v) is 4.58. The van der Waals surface area contributed by atoms with Crippen molar-refractivity contribution in [2.45, 2.75) is 111 Å². The van der Waals surface area contributed by atoms with Crippen LogP contribution < -0.4 is 10.6 Å². The number of carbonyl (C=O) groups is 3. The maximum absolute atomic E-state index is 14.3. The van der Waals surface area contributed by atoms with Crippen molar-refractivity contribution in [1.82, 2.24) is 15.5 Å². The van der Waals surface area contributed by atoms with Gasteiger partial charge in [-0.25, -0.2) is 4.79 Å². The van der Waals surface area contributed by atoms with E-state index in [1.807, 2.05) is 44.4 Å². The zero-order valence-corrected chi connectivity index (χ0v) is 25.9. The standard InChI is InChI=1S/C30H51N3O4S/c1-10-11-19-31-27(34)26(24-16-13-22(4)14-17-24)33(23(5)15-12-21(2)3)28(35)25(18-20-38-9)32-29(36)37-30(6,7)8/h13-14,16-17,21,23,25-26H,10-12,15,18-20H2,1-9H3,(H,31,34)(H,32,36). The topological polar surface area (TPSA) is 87.7 Å². The summed E-state index contributed by atoms with van der Waals surface area (Å²) >= 11 is 1.61. The molecule has 3 atom stereocenters. The Labute approximate surface area is 235 Å². The molecule has 38 heavy (non-hydrogen) atoms. The molecule has 0 radical (unpaired) electrons. The first kappa shape index (κ1) is 33.8. The highest BCUT2D eigenvalue weighted by Crippen LogP contribution is 2.28. The van der Waals surface area contributed by atoms with E-state index in [4.69, 9.17) is 4.74 Å². The summed E-state index contributed by atoms with van der Waals surface area (Å²) in [5.41, 5.74) is 1.15. The SMILES string of the molecule is CCCCNC(=O)C(c1ccc(C)cc1)N(C(=O)C(CCSC)NC(=O)OC(C)(C)C)C(C)CCC(C)C. The van der Waals surface area contributed by atoms with Crippen molar-refractivity contribution in [3.05, 3.63) is 35.4 Å². The highest BCUT2D eigenvalue weighted by atomic mass is 32.2. The van der Waals surface area contributed by atoms with E-state index in [2.05, 4.69) is 31.4 Å². The molecule has 0 aliphatic heterocycles. The zero-order chi connectivity index (χ0) is 28.9. The van der Waals surface area contributed by atoms with Gasteiger partial charge in [0.15, 0.2) is 0 Å². The molecule has 8 heteroatoms. The Hall–Kier alpha value is -2.22. The van der Waals surface area contributed by atoms with Gasteiger partial charge in [-0.05, 0) is 83.8 Å². The molecule has 0 saturated heterocycles. The first-order valence-corrected chi connectivity index (χ1v) is 15.3. The largest absolute Gasteiger partial charge is 0.444 e. The number of benzene rings is 1. The summed E-state index contributed by atoms with van der Waals surface area (Å²) in [5.74, 6) is 0.668. The number of thioether (sulfide) groups is 1. The van der Waals surface area contributed by atoms with Gasteiger partial charge in [0.1, 0.15) is 17.7 Å². The third-order valence-corrected chi connectivity index (χ3v) is 6.88. The molecule has 0 aliphatic rings. The van der Waals surface area contributed by atoms with Gasteiger partial charge in [0.05, 0.1) is 0 Å². The lowest BCUT2D eigenvalue weighted by Gasteiger charge is -2.39. The van der Waals surface area contributed by atoms with Crippen molar-refractivity contribution in [1.29, 1.82) is 0 Å². The number of alkyl carbamates (subject to hydrolysis) is 1. The number of rotatable bonds is 15. The number of hydrogen-bond acceptors (Lipinski definition) is 5. The molecule has 0 saturated carbocycles. The fraction of sp³-hybridized carbons (Fsp3) is 0.700. The molecule has 0 spiro atoms. The summed E-state index contributed by atoms with van der Waals surface area (Å²) in [5, 5.41) is 5.87. The van der Waals surface area contributed by atoms with Gasteiger partial charge >= 0.3 is 6.09 Å². The summed E-state index contributed by atoms with van der Waals surface area (Å²) in [6.45, 7) is 16.3. The highest BCUT2D eigenvalue weighted by Gasteiger charge is 2.38. The number of nitrogens with zero attached hydrogens (tertiary/aromatic N) is 1. The summed E-state index contributed by atoms with van der Waals surface area (Å²) in [6, 6.07) is 5.94. The second-order valence-corrected chi connectivity index (χ2v) is 12.5. The Morgan fingerprint density at radius 2 is 1.66 bits per heavy atom. The average molecular weight is 550 g/mol. The van der Waals surface area contributed by atoms with Gasteiger partial charge in [0.25, 0.3) is 0 Å². The van der Waals surface area contributed by atoms with Crippen molar-refractivity contribution in [2.24, 2.45) is 5.92 Å². The Bertz CT molecular complexity index is 867. The molecule has 3 amide bonds. The van der Waals surface area contributed by atoms with Crippen molar-refractivity contribution >= 4 is 29.7 Å². The van der Waals surface area contributed by atoms with Crippen LogP contribution in [-0.2, 0) is 14.3 Å². The third kappa shape index (κ3) is 12.1. The van der Waals surface area contributed by atoms with Crippen LogP contribution in [-0.4, -0.2) is 59.0 Å². The predicted molar refractivity (Wildman–Crippen MR) is 158 cm³/mol. The number of aryl methyl sites for hydroxylation is 1. The predicted octanol–water partition coefficient (Wildman–Crippen LogP) is 6.25. The molecular weight excluding hydrogens is 498 g/mol. The molecule has 0 fully saturated rings. The smallest absolute Gasteiger partial charge is 0.408 e. The van der Waals surface area contributed by atoms with Crippen molar-refractivity contribution < 1.29 is 19.1 Å². The van der Waals surface area contributed by atoms with Crippen LogP contribution in [0.4, 0.5) is 4.79 Å².